The Hall–Kier alpha value is -2.76. The van der Waals surface area contributed by atoms with Crippen LogP contribution in [0.4, 0.5) is 0 Å². The molecule has 0 saturated carbocycles. The first-order chi connectivity index (χ1) is 16.4. The third-order valence-electron chi connectivity index (χ3n) is 6.48. The minimum Gasteiger partial charge on any atom is -0.447 e. The summed E-state index contributed by atoms with van der Waals surface area (Å²) in [5.74, 6) is -0.0352. The fourth-order valence-corrected chi connectivity index (χ4v) is 4.33. The summed E-state index contributed by atoms with van der Waals surface area (Å²) >= 11 is 0. The first-order valence-electron chi connectivity index (χ1n) is 12.8. The van der Waals surface area contributed by atoms with Gasteiger partial charge in [-0.1, -0.05) is 58.8 Å². The van der Waals surface area contributed by atoms with Crippen LogP contribution in [0.5, 0.6) is 5.75 Å². The number of carbonyl (C=O) groups excluding carboxylic acids is 2. The van der Waals surface area contributed by atoms with Crippen LogP contribution in [-0.2, 0) is 20.7 Å². The van der Waals surface area contributed by atoms with E-state index in [4.69, 9.17) is 9.47 Å². The van der Waals surface area contributed by atoms with Crippen LogP contribution in [0.3, 0.4) is 0 Å². The van der Waals surface area contributed by atoms with Crippen molar-refractivity contribution in [1.29, 1.82) is 0 Å². The van der Waals surface area contributed by atoms with E-state index in [0.29, 0.717) is 18.0 Å². The molecule has 6 nitrogen and oxygen atoms in total. The van der Waals surface area contributed by atoms with E-state index in [2.05, 4.69) is 23.8 Å². The molecule has 6 heteroatoms. The minimum absolute atomic E-state index is 0.235. The molecule has 2 heterocycles. The van der Waals surface area contributed by atoms with Gasteiger partial charge in [-0.05, 0) is 56.0 Å². The van der Waals surface area contributed by atoms with Crippen molar-refractivity contribution in [2.24, 2.45) is 5.92 Å². The molecule has 0 unspecified atom stereocenters. The zero-order chi connectivity index (χ0) is 24.4. The molecule has 0 amide bonds. The Balaban J connectivity index is 1.51. The molecule has 0 N–H and O–H groups in total. The van der Waals surface area contributed by atoms with E-state index in [0.717, 1.165) is 36.8 Å². The van der Waals surface area contributed by atoms with E-state index in [1.807, 2.05) is 24.5 Å². The second kappa shape index (κ2) is 12.6. The number of nitrogens with zero attached hydrogens (tertiary/aromatic N) is 2. The van der Waals surface area contributed by atoms with Crippen molar-refractivity contribution in [3.05, 3.63) is 42.2 Å². The molecule has 0 aliphatic carbocycles. The van der Waals surface area contributed by atoms with E-state index >= 15 is 0 Å². The average molecular weight is 467 g/mol. The van der Waals surface area contributed by atoms with Gasteiger partial charge in [0, 0.05) is 24.4 Å². The maximum Gasteiger partial charge on any atom is 0.355 e. The van der Waals surface area contributed by atoms with Gasteiger partial charge >= 0.3 is 11.9 Å². The van der Waals surface area contributed by atoms with Gasteiger partial charge in [0.15, 0.2) is 5.82 Å². The standard InChI is InChI=1S/C28H38N2O4/c1-4-6-8-9-10-11-12-21-19-29-25(30-20-21)22-14-16-24(17-15-22)33-27(32)28(3)18-23(13-7-5-2)26(31)34-28/h14-17,19-20,23H,4-13,18H2,1-3H3/t23-,28-/m0/s1. The van der Waals surface area contributed by atoms with E-state index in [1.54, 1.807) is 19.1 Å². The highest BCUT2D eigenvalue weighted by molar-refractivity contribution is 5.88. The summed E-state index contributed by atoms with van der Waals surface area (Å²) < 4.78 is 11.0. The predicted octanol–water partition coefficient (Wildman–Crippen LogP) is 6.46. The topological polar surface area (TPSA) is 78.4 Å². The summed E-state index contributed by atoms with van der Waals surface area (Å²) in [5.41, 5.74) is 0.772. The largest absolute Gasteiger partial charge is 0.447 e. The molecule has 1 aromatic carbocycles. The number of carbonyl (C=O) groups is 2. The van der Waals surface area contributed by atoms with E-state index < -0.39 is 11.6 Å². The van der Waals surface area contributed by atoms with Crippen molar-refractivity contribution >= 4 is 11.9 Å². The maximum atomic E-state index is 12.7. The van der Waals surface area contributed by atoms with Crippen molar-refractivity contribution in [1.82, 2.24) is 9.97 Å². The van der Waals surface area contributed by atoms with Gasteiger partial charge in [0.25, 0.3) is 0 Å². The van der Waals surface area contributed by atoms with Gasteiger partial charge in [-0.2, -0.15) is 0 Å². The fraction of sp³-hybridized carbons (Fsp3) is 0.571. The Morgan fingerprint density at radius 2 is 1.65 bits per heavy atom. The molecule has 0 bridgehead atoms. The third-order valence-corrected chi connectivity index (χ3v) is 6.48. The smallest absolute Gasteiger partial charge is 0.355 e. The quantitative estimate of drug-likeness (QED) is 0.191. The molecule has 2 atom stereocenters. The zero-order valence-corrected chi connectivity index (χ0v) is 20.8. The van der Waals surface area contributed by atoms with Gasteiger partial charge in [0.2, 0.25) is 5.60 Å². The lowest BCUT2D eigenvalue weighted by Gasteiger charge is -2.20. The Bertz CT molecular complexity index is 926. The first kappa shape index (κ1) is 25.9. The molecule has 1 fully saturated rings. The van der Waals surface area contributed by atoms with Crippen LogP contribution in [-0.4, -0.2) is 27.5 Å². The number of cyclic esters (lactones) is 1. The summed E-state index contributed by atoms with van der Waals surface area (Å²) in [4.78, 5) is 33.9. The third kappa shape index (κ3) is 7.12. The lowest BCUT2D eigenvalue weighted by atomic mass is 9.92. The summed E-state index contributed by atoms with van der Waals surface area (Å²) in [6.07, 6.45) is 15.5. The number of hydrogen-bond donors (Lipinski definition) is 0. The number of ether oxygens (including phenoxy) is 2. The number of unbranched alkanes of at least 4 members (excludes halogenated alkanes) is 6. The summed E-state index contributed by atoms with van der Waals surface area (Å²) in [6.45, 7) is 5.94. The molecular formula is C28H38N2O4. The number of aromatic nitrogens is 2. The molecule has 1 aliphatic rings. The molecule has 1 aliphatic heterocycles. The minimum atomic E-state index is -1.23. The summed E-state index contributed by atoms with van der Waals surface area (Å²) in [7, 11) is 0. The monoisotopic (exact) mass is 466 g/mol. The summed E-state index contributed by atoms with van der Waals surface area (Å²) in [6, 6.07) is 7.10. The maximum absolute atomic E-state index is 12.7. The Morgan fingerprint density at radius 3 is 2.32 bits per heavy atom. The van der Waals surface area contributed by atoms with Crippen molar-refractivity contribution < 1.29 is 19.1 Å². The molecule has 0 spiro atoms. The summed E-state index contributed by atoms with van der Waals surface area (Å²) in [5, 5.41) is 0. The van der Waals surface area contributed by atoms with Crippen molar-refractivity contribution in [2.75, 3.05) is 0 Å². The molecule has 34 heavy (non-hydrogen) atoms. The molecule has 1 aromatic heterocycles. The van der Waals surface area contributed by atoms with Gasteiger partial charge in [-0.15, -0.1) is 0 Å². The highest BCUT2D eigenvalue weighted by Crippen LogP contribution is 2.35. The van der Waals surface area contributed by atoms with E-state index in [-0.39, 0.29) is 11.9 Å². The van der Waals surface area contributed by atoms with Crippen LogP contribution in [0, 0.1) is 5.92 Å². The SMILES string of the molecule is CCCCCCCCc1cnc(-c2ccc(OC(=O)[C@]3(C)C[C@H](CCCC)C(=O)O3)cc2)nc1. The molecule has 184 valence electrons. The molecular weight excluding hydrogens is 428 g/mol. The average Bonchev–Trinajstić information content (AvgIpc) is 3.15. The van der Waals surface area contributed by atoms with Gasteiger partial charge in [0.1, 0.15) is 5.75 Å². The predicted molar refractivity (Wildman–Crippen MR) is 132 cm³/mol. The number of rotatable bonds is 13. The van der Waals surface area contributed by atoms with Gasteiger partial charge in [0.05, 0.1) is 5.92 Å². The number of benzene rings is 1. The van der Waals surface area contributed by atoms with Gasteiger partial charge < -0.3 is 9.47 Å². The highest BCUT2D eigenvalue weighted by atomic mass is 16.6. The van der Waals surface area contributed by atoms with Crippen LogP contribution in [0.15, 0.2) is 36.7 Å². The number of aryl methyl sites for hydroxylation is 1. The van der Waals surface area contributed by atoms with Gasteiger partial charge in [-0.25, -0.2) is 14.8 Å². The van der Waals surface area contributed by atoms with Crippen LogP contribution in [0.25, 0.3) is 11.4 Å². The molecule has 1 saturated heterocycles. The first-order valence-corrected chi connectivity index (χ1v) is 12.8. The Morgan fingerprint density at radius 1 is 1.00 bits per heavy atom. The van der Waals surface area contributed by atoms with Crippen LogP contribution < -0.4 is 4.74 Å². The second-order valence-electron chi connectivity index (χ2n) is 9.54. The molecule has 0 radical (unpaired) electrons. The van der Waals surface area contributed by atoms with E-state index in [1.165, 1.54) is 38.5 Å². The van der Waals surface area contributed by atoms with Gasteiger partial charge in [-0.3, -0.25) is 4.79 Å². The normalized spacial score (nSPS) is 19.7. The van der Waals surface area contributed by atoms with Crippen molar-refractivity contribution in [2.45, 2.75) is 97.0 Å². The lowest BCUT2D eigenvalue weighted by Crippen LogP contribution is -2.38. The number of hydrogen-bond acceptors (Lipinski definition) is 6. The van der Waals surface area contributed by atoms with Crippen molar-refractivity contribution in [3.63, 3.8) is 0 Å². The Kier molecular flexibility index (Phi) is 9.61. The van der Waals surface area contributed by atoms with Crippen molar-refractivity contribution in [3.8, 4) is 17.1 Å². The van der Waals surface area contributed by atoms with Crippen LogP contribution in [0.2, 0.25) is 0 Å². The second-order valence-corrected chi connectivity index (χ2v) is 9.54. The highest BCUT2D eigenvalue weighted by Gasteiger charge is 2.49. The molecule has 2 aromatic rings. The Labute approximate surface area is 203 Å². The van der Waals surface area contributed by atoms with Crippen LogP contribution in [0.1, 0.15) is 90.5 Å². The van der Waals surface area contributed by atoms with E-state index in [9.17, 15) is 9.59 Å². The fourth-order valence-electron chi connectivity index (χ4n) is 4.33. The molecule has 3 rings (SSSR count). The zero-order valence-electron chi connectivity index (χ0n) is 20.8. The lowest BCUT2D eigenvalue weighted by molar-refractivity contribution is -0.166. The number of esters is 2. The van der Waals surface area contributed by atoms with Crippen LogP contribution >= 0.6 is 0 Å².